The third-order valence-electron chi connectivity index (χ3n) is 13.4. The number of rotatable bonds is 19. The van der Waals surface area contributed by atoms with Crippen LogP contribution in [0.2, 0.25) is 0 Å². The minimum atomic E-state index is -0.221. The number of hydrogen-bond acceptors (Lipinski definition) is 5. The van der Waals surface area contributed by atoms with E-state index < -0.39 is 0 Å². The van der Waals surface area contributed by atoms with Crippen LogP contribution < -0.4 is 19.3 Å². The highest BCUT2D eigenvalue weighted by molar-refractivity contribution is 6.09. The molecule has 0 saturated heterocycles. The quantitative estimate of drug-likeness (QED) is 0.0756. The predicted molar refractivity (Wildman–Crippen MR) is 289 cm³/mol. The van der Waals surface area contributed by atoms with Crippen LogP contribution in [-0.4, -0.2) is 11.4 Å². The third-order valence-corrected chi connectivity index (χ3v) is 13.4. The maximum Gasteiger partial charge on any atom is 0.193 e. The number of ether oxygens (including phenoxy) is 2. The Morgan fingerprint density at radius 3 is 1.12 bits per heavy atom. The monoisotopic (exact) mass is 911 g/mol. The molecule has 0 amide bonds. The van der Waals surface area contributed by atoms with E-state index >= 15 is 0 Å². The number of ketones is 1. The molecule has 5 nitrogen and oxygen atoms in total. The zero-order chi connectivity index (χ0) is 48.5. The Labute approximate surface area is 411 Å². The van der Waals surface area contributed by atoms with E-state index in [1.165, 1.54) is 16.7 Å². The Kier molecular flexibility index (Phi) is 14.8. The highest BCUT2D eigenvalue weighted by Crippen LogP contribution is 2.40. The van der Waals surface area contributed by atoms with E-state index in [1.54, 1.807) is 0 Å². The molecule has 0 N–H and O–H groups in total. The molecule has 0 aliphatic rings. The van der Waals surface area contributed by atoms with Crippen molar-refractivity contribution in [2.24, 2.45) is 0 Å². The Hall–Kier alpha value is -7.37. The smallest absolute Gasteiger partial charge is 0.193 e. The van der Waals surface area contributed by atoms with E-state index in [1.807, 2.05) is 48.5 Å². The van der Waals surface area contributed by atoms with Crippen molar-refractivity contribution in [1.82, 2.24) is 0 Å². The van der Waals surface area contributed by atoms with Crippen molar-refractivity contribution in [1.29, 1.82) is 0 Å². The van der Waals surface area contributed by atoms with Gasteiger partial charge in [0, 0.05) is 45.3 Å². The van der Waals surface area contributed by atoms with Crippen molar-refractivity contribution in [3.8, 4) is 28.4 Å². The Morgan fingerprint density at radius 2 is 0.754 bits per heavy atom. The van der Waals surface area contributed by atoms with Crippen LogP contribution in [-0.2, 0) is 18.3 Å². The van der Waals surface area contributed by atoms with Gasteiger partial charge in [-0.3, -0.25) is 4.79 Å². The van der Waals surface area contributed by atoms with Gasteiger partial charge in [0.25, 0.3) is 0 Å². The Balaban J connectivity index is 1.00. The van der Waals surface area contributed by atoms with Gasteiger partial charge in [-0.1, -0.05) is 121 Å². The average Bonchev–Trinajstić information content (AvgIpc) is 3.38. The molecule has 8 aromatic carbocycles. The first-order valence-corrected chi connectivity index (χ1v) is 24.7. The van der Waals surface area contributed by atoms with Gasteiger partial charge in [-0.05, 0) is 194 Å². The maximum absolute atomic E-state index is 13.3. The summed E-state index contributed by atoms with van der Waals surface area (Å²) in [6.07, 6.45) is 5.06. The van der Waals surface area contributed by atoms with Gasteiger partial charge in [-0.2, -0.15) is 0 Å². The zero-order valence-corrected chi connectivity index (χ0v) is 41.6. The van der Waals surface area contributed by atoms with Crippen LogP contribution in [0.1, 0.15) is 107 Å². The second-order valence-electron chi connectivity index (χ2n) is 19.2. The number of nitrogens with zero attached hydrogens (tertiary/aromatic N) is 2. The first-order valence-electron chi connectivity index (χ1n) is 24.7. The van der Waals surface area contributed by atoms with Crippen LogP contribution in [0.3, 0.4) is 0 Å². The Morgan fingerprint density at radius 1 is 0.420 bits per heavy atom. The van der Waals surface area contributed by atoms with E-state index in [0.717, 1.165) is 83.1 Å². The average molecular weight is 911 g/mol. The lowest BCUT2D eigenvalue weighted by Gasteiger charge is -2.28. The van der Waals surface area contributed by atoms with Crippen LogP contribution in [0.15, 0.2) is 194 Å². The van der Waals surface area contributed by atoms with E-state index in [4.69, 9.17) is 9.47 Å². The van der Waals surface area contributed by atoms with Crippen LogP contribution in [0.4, 0.5) is 34.1 Å². The van der Waals surface area contributed by atoms with Crippen LogP contribution in [0, 0.1) is 0 Å². The summed E-state index contributed by atoms with van der Waals surface area (Å²) in [5.74, 6) is 2.25. The second kappa shape index (κ2) is 21.3. The minimum absolute atomic E-state index is 0.00340. The molecule has 0 heterocycles. The van der Waals surface area contributed by atoms with Crippen LogP contribution in [0.5, 0.6) is 17.2 Å². The number of benzene rings is 8. The first kappa shape index (κ1) is 48.1. The van der Waals surface area contributed by atoms with Crippen molar-refractivity contribution in [3.63, 3.8) is 0 Å². The fourth-order valence-corrected chi connectivity index (χ4v) is 8.81. The lowest BCUT2D eigenvalue weighted by atomic mass is 9.82. The molecule has 0 radical (unpaired) electrons. The van der Waals surface area contributed by atoms with Crippen molar-refractivity contribution in [3.05, 3.63) is 222 Å². The molecule has 0 unspecified atom stereocenters. The normalized spacial score (nSPS) is 11.5. The SMILES string of the molecule is CCCC(C)(C)Oc1ccc(N(c2ccc(CC)cc2)c2ccc(-c3ccc(N(c4ccc(CC)cc4)c4ccc(Oc5ccc(C(=O)c6ccc(C(C)(C)CC)cc6)cc5)cc4)cc3)cc2)cc1. The summed E-state index contributed by atoms with van der Waals surface area (Å²) in [5, 5.41) is 0. The van der Waals surface area contributed by atoms with Gasteiger partial charge in [-0.15, -0.1) is 0 Å². The number of anilines is 6. The molecule has 8 rings (SSSR count). The zero-order valence-electron chi connectivity index (χ0n) is 41.6. The van der Waals surface area contributed by atoms with Gasteiger partial charge in [0.05, 0.1) is 0 Å². The molecule has 0 bridgehead atoms. The van der Waals surface area contributed by atoms with Gasteiger partial charge in [0.2, 0.25) is 0 Å². The van der Waals surface area contributed by atoms with Crippen LogP contribution in [0.25, 0.3) is 11.1 Å². The maximum atomic E-state index is 13.3. The first-order chi connectivity index (χ1) is 33.4. The molecule has 5 heteroatoms. The predicted octanol–water partition coefficient (Wildman–Crippen LogP) is 18.1. The van der Waals surface area contributed by atoms with Crippen molar-refractivity contribution in [2.75, 3.05) is 9.80 Å². The molecule has 0 spiro atoms. The number of carbonyl (C=O) groups is 1. The molecule has 0 aliphatic carbocycles. The number of carbonyl (C=O) groups excluding carboxylic acids is 1. The summed E-state index contributed by atoms with van der Waals surface area (Å²) in [6.45, 7) is 17.5. The van der Waals surface area contributed by atoms with Crippen molar-refractivity contribution < 1.29 is 14.3 Å². The highest BCUT2D eigenvalue weighted by Gasteiger charge is 2.21. The fraction of sp³-hybridized carbons (Fsp3) is 0.234. The largest absolute Gasteiger partial charge is 0.488 e. The van der Waals surface area contributed by atoms with Gasteiger partial charge >= 0.3 is 0 Å². The molecule has 0 aliphatic heterocycles. The summed E-state index contributed by atoms with van der Waals surface area (Å²) < 4.78 is 12.7. The fourth-order valence-electron chi connectivity index (χ4n) is 8.81. The highest BCUT2D eigenvalue weighted by atomic mass is 16.5. The summed E-state index contributed by atoms with van der Waals surface area (Å²) in [5.41, 5.74) is 13.6. The van der Waals surface area contributed by atoms with Crippen molar-refractivity contribution in [2.45, 2.75) is 98.5 Å². The summed E-state index contributed by atoms with van der Waals surface area (Å²) >= 11 is 0. The molecule has 350 valence electrons. The number of hydrogen-bond donors (Lipinski definition) is 0. The summed E-state index contributed by atoms with van der Waals surface area (Å²) in [7, 11) is 0. The molecule has 8 aromatic rings. The van der Waals surface area contributed by atoms with Gasteiger partial charge in [0.1, 0.15) is 22.8 Å². The van der Waals surface area contributed by atoms with Crippen LogP contribution >= 0.6 is 0 Å². The van der Waals surface area contributed by atoms with Crippen molar-refractivity contribution >= 4 is 39.9 Å². The van der Waals surface area contributed by atoms with E-state index in [0.29, 0.717) is 22.6 Å². The van der Waals surface area contributed by atoms with E-state index in [9.17, 15) is 4.79 Å². The van der Waals surface area contributed by atoms with Gasteiger partial charge < -0.3 is 19.3 Å². The summed E-state index contributed by atoms with van der Waals surface area (Å²) in [6, 6.07) is 67.3. The lowest BCUT2D eigenvalue weighted by molar-refractivity contribution is 0.0985. The summed E-state index contributed by atoms with van der Waals surface area (Å²) in [4.78, 5) is 17.9. The molecular formula is C64H66N2O3. The number of aryl methyl sites for hydroxylation is 2. The molecule has 69 heavy (non-hydrogen) atoms. The van der Waals surface area contributed by atoms with E-state index in [-0.39, 0.29) is 16.8 Å². The van der Waals surface area contributed by atoms with E-state index in [2.05, 4.69) is 211 Å². The molecule has 0 fully saturated rings. The minimum Gasteiger partial charge on any atom is -0.488 e. The lowest BCUT2D eigenvalue weighted by Crippen LogP contribution is -2.27. The molecule has 0 aromatic heterocycles. The third kappa shape index (κ3) is 11.5. The van der Waals surface area contributed by atoms with Gasteiger partial charge in [-0.25, -0.2) is 0 Å². The molecular weight excluding hydrogens is 845 g/mol. The molecule has 0 saturated carbocycles. The Bertz CT molecular complexity index is 2900. The molecule has 0 atom stereocenters. The standard InChI is InChI=1S/C64H66N2O3/c1-9-45-64(7,8)69-61-43-37-58(38-44-61)66(54-29-15-47(11-3)16-30-54)56-33-21-49(22-34-56)48-19-31-55(32-20-48)65(53-27-13-46(10-2)14-28-53)57-35-41-60(42-36-57)68-59-39-23-51(24-40-59)62(67)50-17-25-52(26-18-50)63(5,6)12-4/h13-44H,9-12,45H2,1-8H3. The topological polar surface area (TPSA) is 42.0 Å². The van der Waals surface area contributed by atoms with Gasteiger partial charge in [0.15, 0.2) is 5.78 Å². The second-order valence-corrected chi connectivity index (χ2v) is 19.2.